The topological polar surface area (TPSA) is 128 Å². The van der Waals surface area contributed by atoms with Gasteiger partial charge >= 0.3 is 0 Å². The van der Waals surface area contributed by atoms with E-state index in [2.05, 4.69) is 15.0 Å². The third-order valence-electron chi connectivity index (χ3n) is 3.46. The molecule has 9 heteroatoms. The largest absolute Gasteiger partial charge is 0.388 e. The highest BCUT2D eigenvalue weighted by atomic mass is 16.5. The van der Waals surface area contributed by atoms with Crippen LogP contribution in [0.1, 0.15) is 5.56 Å². The van der Waals surface area contributed by atoms with Crippen molar-refractivity contribution in [3.8, 4) is 0 Å². The molecule has 25 heavy (non-hydrogen) atoms. The number of aromatic amines is 1. The number of fused-ring (bicyclic) bond motifs is 1. The molecule has 9 nitrogen and oxygen atoms in total. The van der Waals surface area contributed by atoms with E-state index in [0.29, 0.717) is 12.3 Å². The Bertz CT molecular complexity index is 877. The van der Waals surface area contributed by atoms with Crippen LogP contribution in [0.5, 0.6) is 0 Å². The molecule has 2 aromatic heterocycles. The molecule has 0 aliphatic carbocycles. The molecule has 0 aliphatic rings. The molecule has 1 atom stereocenters. The van der Waals surface area contributed by atoms with Gasteiger partial charge in [0.25, 0.3) is 5.56 Å². The smallest absolute Gasteiger partial charge is 0.280 e. The maximum absolute atomic E-state index is 11.7. The number of imidazole rings is 1. The first kappa shape index (κ1) is 17.1. The minimum atomic E-state index is -0.764. The fourth-order valence-corrected chi connectivity index (χ4v) is 2.29. The number of hydrogen-bond acceptors (Lipinski definition) is 7. The summed E-state index contributed by atoms with van der Waals surface area (Å²) in [6.45, 7) is 0.746. The highest BCUT2D eigenvalue weighted by Crippen LogP contribution is 2.07. The summed E-state index contributed by atoms with van der Waals surface area (Å²) in [4.78, 5) is 22.1. The Morgan fingerprint density at radius 3 is 2.80 bits per heavy atom. The van der Waals surface area contributed by atoms with Crippen LogP contribution in [0.4, 0.5) is 5.95 Å². The van der Waals surface area contributed by atoms with E-state index >= 15 is 0 Å². The predicted molar refractivity (Wildman–Crippen MR) is 90.6 cm³/mol. The number of nitrogens with two attached hydrogens (primary N) is 1. The number of aliphatic hydroxyl groups excluding tert-OH is 1. The number of aromatic nitrogens is 4. The monoisotopic (exact) mass is 345 g/mol. The molecule has 0 spiro atoms. The van der Waals surface area contributed by atoms with Crippen LogP contribution in [-0.4, -0.2) is 43.9 Å². The van der Waals surface area contributed by atoms with Crippen LogP contribution in [0, 0.1) is 0 Å². The van der Waals surface area contributed by atoms with E-state index in [9.17, 15) is 9.90 Å². The normalized spacial score (nSPS) is 12.5. The van der Waals surface area contributed by atoms with Gasteiger partial charge in [0.15, 0.2) is 11.2 Å². The number of nitrogens with one attached hydrogen (secondary N) is 1. The van der Waals surface area contributed by atoms with Gasteiger partial charge in [-0.05, 0) is 5.56 Å². The van der Waals surface area contributed by atoms with Gasteiger partial charge in [0.1, 0.15) is 12.8 Å². The summed E-state index contributed by atoms with van der Waals surface area (Å²) in [5, 5.41) is 9.89. The van der Waals surface area contributed by atoms with E-state index in [-0.39, 0.29) is 31.4 Å². The Kier molecular flexibility index (Phi) is 5.39. The Labute approximate surface area is 143 Å². The van der Waals surface area contributed by atoms with Crippen molar-refractivity contribution in [2.75, 3.05) is 18.9 Å². The van der Waals surface area contributed by atoms with Gasteiger partial charge in [-0.15, -0.1) is 0 Å². The zero-order valence-corrected chi connectivity index (χ0v) is 13.5. The summed E-state index contributed by atoms with van der Waals surface area (Å²) < 4.78 is 12.4. The Hall–Kier alpha value is -2.75. The van der Waals surface area contributed by atoms with Crippen molar-refractivity contribution in [2.24, 2.45) is 0 Å². The lowest BCUT2D eigenvalue weighted by atomic mass is 10.2. The number of anilines is 1. The molecule has 0 aliphatic heterocycles. The number of ether oxygens (including phenoxy) is 2. The van der Waals surface area contributed by atoms with Crippen LogP contribution in [0.2, 0.25) is 0 Å². The standard InChI is InChI=1S/C16H19N5O4/c17-16-19-14-13(15(23)20-16)18-9-21(14)10-25-8-12(22)7-24-6-11-4-2-1-3-5-11/h1-5,9,12,22H,6-8,10H2,(H3,17,19,20,23). The SMILES string of the molecule is Nc1nc2c(ncn2COCC(O)COCc2ccccc2)c(=O)[nH]1. The predicted octanol–water partition coefficient (Wildman–Crippen LogP) is 0.254. The maximum atomic E-state index is 11.7. The average Bonchev–Trinajstić information content (AvgIpc) is 2.99. The van der Waals surface area contributed by atoms with Crippen LogP contribution >= 0.6 is 0 Å². The number of nitrogen functional groups attached to an aromatic ring is 1. The summed E-state index contributed by atoms with van der Waals surface area (Å²) in [5.74, 6) is 0.00796. The zero-order chi connectivity index (χ0) is 17.6. The van der Waals surface area contributed by atoms with E-state index < -0.39 is 11.7 Å². The minimum Gasteiger partial charge on any atom is -0.388 e. The Balaban J connectivity index is 1.45. The number of hydrogen-bond donors (Lipinski definition) is 3. The molecule has 3 rings (SSSR count). The van der Waals surface area contributed by atoms with Crippen molar-refractivity contribution in [2.45, 2.75) is 19.4 Å². The lowest BCUT2D eigenvalue weighted by molar-refractivity contribution is -0.0387. The first-order valence-electron chi connectivity index (χ1n) is 7.71. The second-order valence-corrected chi connectivity index (χ2v) is 5.49. The van der Waals surface area contributed by atoms with Crippen molar-refractivity contribution in [1.82, 2.24) is 19.5 Å². The molecular weight excluding hydrogens is 326 g/mol. The molecule has 1 aromatic carbocycles. The number of H-pyrrole nitrogens is 1. The lowest BCUT2D eigenvalue weighted by Gasteiger charge is -2.12. The summed E-state index contributed by atoms with van der Waals surface area (Å²) >= 11 is 0. The molecule has 2 heterocycles. The van der Waals surface area contributed by atoms with Crippen LogP contribution in [0.25, 0.3) is 11.2 Å². The van der Waals surface area contributed by atoms with Gasteiger partial charge in [-0.1, -0.05) is 30.3 Å². The number of nitrogens with zero attached hydrogens (tertiary/aromatic N) is 3. The maximum Gasteiger partial charge on any atom is 0.280 e. The van der Waals surface area contributed by atoms with E-state index in [1.165, 1.54) is 6.33 Å². The number of aliphatic hydroxyl groups is 1. The van der Waals surface area contributed by atoms with Crippen LogP contribution in [-0.2, 0) is 22.8 Å². The second-order valence-electron chi connectivity index (χ2n) is 5.49. The lowest BCUT2D eigenvalue weighted by Crippen LogP contribution is -2.22. The van der Waals surface area contributed by atoms with Crippen molar-refractivity contribution in [3.05, 3.63) is 52.6 Å². The van der Waals surface area contributed by atoms with E-state index in [1.54, 1.807) is 4.57 Å². The number of benzene rings is 1. The summed E-state index contributed by atoms with van der Waals surface area (Å²) in [6, 6.07) is 9.70. The first-order chi connectivity index (χ1) is 12.1. The van der Waals surface area contributed by atoms with E-state index in [0.717, 1.165) is 5.56 Å². The third-order valence-corrected chi connectivity index (χ3v) is 3.46. The van der Waals surface area contributed by atoms with E-state index in [1.807, 2.05) is 30.3 Å². The molecular formula is C16H19N5O4. The average molecular weight is 345 g/mol. The van der Waals surface area contributed by atoms with Gasteiger partial charge in [-0.2, -0.15) is 4.98 Å². The summed E-state index contributed by atoms with van der Waals surface area (Å²) in [6.07, 6.45) is 0.671. The highest BCUT2D eigenvalue weighted by Gasteiger charge is 2.10. The van der Waals surface area contributed by atoms with Crippen molar-refractivity contribution < 1.29 is 14.6 Å². The molecule has 3 aromatic rings. The summed E-state index contributed by atoms with van der Waals surface area (Å²) in [7, 11) is 0. The van der Waals surface area contributed by atoms with E-state index in [4.69, 9.17) is 15.2 Å². The molecule has 0 amide bonds. The molecule has 4 N–H and O–H groups in total. The molecule has 0 bridgehead atoms. The first-order valence-corrected chi connectivity index (χ1v) is 7.71. The second kappa shape index (κ2) is 7.88. The molecule has 1 unspecified atom stereocenters. The van der Waals surface area contributed by atoms with Crippen molar-refractivity contribution >= 4 is 17.1 Å². The Morgan fingerprint density at radius 1 is 1.24 bits per heavy atom. The Morgan fingerprint density at radius 2 is 2.00 bits per heavy atom. The van der Waals surface area contributed by atoms with Gasteiger partial charge in [0.2, 0.25) is 5.95 Å². The van der Waals surface area contributed by atoms with Gasteiger partial charge in [0.05, 0.1) is 26.1 Å². The van der Waals surface area contributed by atoms with Crippen LogP contribution in [0.15, 0.2) is 41.5 Å². The summed E-state index contributed by atoms with van der Waals surface area (Å²) in [5.41, 5.74) is 6.67. The van der Waals surface area contributed by atoms with Gasteiger partial charge in [0, 0.05) is 0 Å². The third kappa shape index (κ3) is 4.41. The van der Waals surface area contributed by atoms with Gasteiger partial charge in [-0.3, -0.25) is 14.3 Å². The van der Waals surface area contributed by atoms with Crippen LogP contribution in [0.3, 0.4) is 0 Å². The number of rotatable bonds is 8. The van der Waals surface area contributed by atoms with Crippen molar-refractivity contribution in [1.29, 1.82) is 0 Å². The molecule has 132 valence electrons. The molecule has 0 saturated heterocycles. The quantitative estimate of drug-likeness (QED) is 0.534. The molecule has 0 saturated carbocycles. The van der Waals surface area contributed by atoms with Gasteiger partial charge in [-0.25, -0.2) is 4.98 Å². The molecule has 0 radical (unpaired) electrons. The van der Waals surface area contributed by atoms with Crippen LogP contribution < -0.4 is 11.3 Å². The van der Waals surface area contributed by atoms with Gasteiger partial charge < -0.3 is 20.3 Å². The molecule has 0 fully saturated rings. The highest BCUT2D eigenvalue weighted by molar-refractivity contribution is 5.70. The minimum absolute atomic E-state index is 0.00796. The van der Waals surface area contributed by atoms with Crippen molar-refractivity contribution in [3.63, 3.8) is 0 Å². The fraction of sp³-hybridized carbons (Fsp3) is 0.312. The fourth-order valence-electron chi connectivity index (χ4n) is 2.29. The zero-order valence-electron chi connectivity index (χ0n) is 13.5.